The van der Waals surface area contributed by atoms with E-state index in [9.17, 15) is 14.4 Å². The maximum absolute atomic E-state index is 13.6. The number of likely N-dealkylation sites (tertiary alicyclic amines) is 1. The minimum atomic E-state index is -0.267. The molecule has 0 aromatic heterocycles. The molecule has 3 heterocycles. The molecular weight excluding hydrogens is 464 g/mol. The summed E-state index contributed by atoms with van der Waals surface area (Å²) in [5.41, 5.74) is 2.95. The lowest BCUT2D eigenvalue weighted by Gasteiger charge is -2.45. The fraction of sp³-hybridized carbons (Fsp3) is 0.444. The standard InChI is InChI=1S/C27H31ClN4O3/c28-21-9-3-2-8-20(21)17-29-25(33)18-32-24-16-19(26(34)30-13-5-1-6-14-30)11-12-22(24)31-15-7-4-10-23(31)27(32)35/h2-3,8-9,11-12,16,23H,1,4-7,10,13-15,17-18H2,(H,29,33). The number of hydrogen-bond acceptors (Lipinski definition) is 4. The molecule has 3 aliphatic rings. The third-order valence-corrected chi connectivity index (χ3v) is 7.62. The van der Waals surface area contributed by atoms with E-state index >= 15 is 0 Å². The van der Waals surface area contributed by atoms with Crippen LogP contribution in [-0.2, 0) is 16.1 Å². The van der Waals surface area contributed by atoms with Crippen LogP contribution in [0.4, 0.5) is 11.4 Å². The zero-order chi connectivity index (χ0) is 24.4. The van der Waals surface area contributed by atoms with Crippen molar-refractivity contribution in [3.63, 3.8) is 0 Å². The summed E-state index contributed by atoms with van der Waals surface area (Å²) in [7, 11) is 0. The second-order valence-corrected chi connectivity index (χ2v) is 9.96. The van der Waals surface area contributed by atoms with Gasteiger partial charge in [-0.05, 0) is 68.4 Å². The highest BCUT2D eigenvalue weighted by molar-refractivity contribution is 6.31. The van der Waals surface area contributed by atoms with Gasteiger partial charge in [0.15, 0.2) is 0 Å². The summed E-state index contributed by atoms with van der Waals surface area (Å²) in [5, 5.41) is 3.48. The molecule has 1 N–H and O–H groups in total. The number of nitrogens with one attached hydrogen (secondary N) is 1. The minimum absolute atomic E-state index is 0.0103. The first-order valence-electron chi connectivity index (χ1n) is 12.5. The number of nitrogens with zero attached hydrogens (tertiary/aromatic N) is 3. The molecule has 1 atom stereocenters. The quantitative estimate of drug-likeness (QED) is 0.682. The van der Waals surface area contributed by atoms with Crippen molar-refractivity contribution in [2.45, 2.75) is 51.1 Å². The zero-order valence-corrected chi connectivity index (χ0v) is 20.6. The van der Waals surface area contributed by atoms with Crippen molar-refractivity contribution in [3.8, 4) is 0 Å². The Balaban J connectivity index is 1.40. The lowest BCUT2D eigenvalue weighted by molar-refractivity contribution is -0.125. The van der Waals surface area contributed by atoms with E-state index in [0.717, 1.165) is 69.4 Å². The SMILES string of the molecule is O=C(CN1C(=O)C2CCCCN2c2ccc(C(=O)N3CCCCC3)cc21)NCc1ccccc1Cl. The molecule has 184 valence electrons. The van der Waals surface area contributed by atoms with Gasteiger partial charge < -0.3 is 15.1 Å². The van der Waals surface area contributed by atoms with E-state index in [-0.39, 0.29) is 36.9 Å². The summed E-state index contributed by atoms with van der Waals surface area (Å²) in [6.45, 7) is 2.52. The number of amides is 3. The molecule has 7 nitrogen and oxygen atoms in total. The number of hydrogen-bond donors (Lipinski definition) is 1. The molecule has 0 aliphatic carbocycles. The van der Waals surface area contributed by atoms with Crippen LogP contribution in [0.3, 0.4) is 0 Å². The Labute approximate surface area is 211 Å². The van der Waals surface area contributed by atoms with E-state index in [2.05, 4.69) is 10.2 Å². The minimum Gasteiger partial charge on any atom is -0.358 e. The summed E-state index contributed by atoms with van der Waals surface area (Å²) in [6, 6.07) is 12.7. The summed E-state index contributed by atoms with van der Waals surface area (Å²) in [6.07, 6.45) is 5.96. The Morgan fingerprint density at radius 3 is 2.51 bits per heavy atom. The van der Waals surface area contributed by atoms with Crippen LogP contribution in [0.25, 0.3) is 0 Å². The lowest BCUT2D eigenvalue weighted by atomic mass is 9.95. The van der Waals surface area contributed by atoms with Gasteiger partial charge in [-0.1, -0.05) is 29.8 Å². The molecule has 35 heavy (non-hydrogen) atoms. The lowest BCUT2D eigenvalue weighted by Crippen LogP contribution is -2.57. The summed E-state index contributed by atoms with van der Waals surface area (Å²) in [4.78, 5) is 45.3. The van der Waals surface area contributed by atoms with Crippen LogP contribution in [0, 0.1) is 0 Å². The molecule has 2 aromatic carbocycles. The normalized spacial score (nSPS) is 19.7. The van der Waals surface area contributed by atoms with Crippen LogP contribution < -0.4 is 15.1 Å². The number of piperidine rings is 2. The van der Waals surface area contributed by atoms with Crippen LogP contribution in [0.2, 0.25) is 5.02 Å². The number of halogens is 1. The fourth-order valence-corrected chi connectivity index (χ4v) is 5.57. The van der Waals surface area contributed by atoms with E-state index in [1.54, 1.807) is 17.0 Å². The van der Waals surface area contributed by atoms with Crippen molar-refractivity contribution in [1.29, 1.82) is 0 Å². The van der Waals surface area contributed by atoms with Crippen molar-refractivity contribution >= 4 is 40.7 Å². The Morgan fingerprint density at radius 2 is 1.71 bits per heavy atom. The summed E-state index contributed by atoms with van der Waals surface area (Å²) in [5.74, 6) is -0.349. The van der Waals surface area contributed by atoms with Crippen LogP contribution in [0.15, 0.2) is 42.5 Å². The fourth-order valence-electron chi connectivity index (χ4n) is 5.37. The van der Waals surface area contributed by atoms with E-state index in [1.165, 1.54) is 0 Å². The molecule has 1 unspecified atom stereocenters. The average molecular weight is 495 g/mol. The Morgan fingerprint density at radius 1 is 0.943 bits per heavy atom. The molecule has 0 spiro atoms. The predicted octanol–water partition coefficient (Wildman–Crippen LogP) is 3.99. The third-order valence-electron chi connectivity index (χ3n) is 7.26. The summed E-state index contributed by atoms with van der Waals surface area (Å²) >= 11 is 6.22. The van der Waals surface area contributed by atoms with Gasteiger partial charge in [-0.25, -0.2) is 0 Å². The van der Waals surface area contributed by atoms with Crippen LogP contribution in [0.5, 0.6) is 0 Å². The van der Waals surface area contributed by atoms with Gasteiger partial charge in [0.05, 0.1) is 11.4 Å². The van der Waals surface area contributed by atoms with Crippen molar-refractivity contribution < 1.29 is 14.4 Å². The largest absolute Gasteiger partial charge is 0.358 e. The molecule has 2 fully saturated rings. The van der Waals surface area contributed by atoms with Gasteiger partial charge in [0.2, 0.25) is 11.8 Å². The van der Waals surface area contributed by atoms with Gasteiger partial charge in [0.1, 0.15) is 12.6 Å². The summed E-state index contributed by atoms with van der Waals surface area (Å²) < 4.78 is 0. The number of benzene rings is 2. The molecule has 3 aliphatic heterocycles. The van der Waals surface area contributed by atoms with Crippen LogP contribution >= 0.6 is 11.6 Å². The molecule has 8 heteroatoms. The maximum atomic E-state index is 13.6. The molecule has 5 rings (SSSR count). The molecule has 2 saturated heterocycles. The first-order chi connectivity index (χ1) is 17.0. The second kappa shape index (κ2) is 10.3. The smallest absolute Gasteiger partial charge is 0.253 e. The second-order valence-electron chi connectivity index (χ2n) is 9.55. The molecule has 3 amide bonds. The number of carbonyl (C=O) groups is 3. The number of anilines is 2. The highest BCUT2D eigenvalue weighted by Gasteiger charge is 2.40. The van der Waals surface area contributed by atoms with Gasteiger partial charge in [0, 0.05) is 36.8 Å². The van der Waals surface area contributed by atoms with Crippen molar-refractivity contribution in [2.24, 2.45) is 0 Å². The van der Waals surface area contributed by atoms with Gasteiger partial charge in [0.25, 0.3) is 5.91 Å². The van der Waals surface area contributed by atoms with E-state index in [1.807, 2.05) is 35.2 Å². The van der Waals surface area contributed by atoms with Crippen molar-refractivity contribution in [3.05, 3.63) is 58.6 Å². The van der Waals surface area contributed by atoms with Gasteiger partial charge in [-0.15, -0.1) is 0 Å². The van der Waals surface area contributed by atoms with E-state index in [0.29, 0.717) is 16.3 Å². The van der Waals surface area contributed by atoms with Gasteiger partial charge in [-0.3, -0.25) is 19.3 Å². The molecule has 0 saturated carbocycles. The molecule has 2 aromatic rings. The van der Waals surface area contributed by atoms with Crippen LogP contribution in [0.1, 0.15) is 54.4 Å². The Kier molecular flexibility index (Phi) is 6.95. The van der Waals surface area contributed by atoms with E-state index < -0.39 is 0 Å². The highest BCUT2D eigenvalue weighted by Crippen LogP contribution is 2.40. The Bertz CT molecular complexity index is 1130. The third kappa shape index (κ3) is 4.87. The Hall–Kier alpha value is -3.06. The number of fused-ring (bicyclic) bond motifs is 3. The van der Waals surface area contributed by atoms with E-state index in [4.69, 9.17) is 11.6 Å². The molecule has 0 bridgehead atoms. The topological polar surface area (TPSA) is 73.0 Å². The monoisotopic (exact) mass is 494 g/mol. The molecule has 0 radical (unpaired) electrons. The van der Waals surface area contributed by atoms with Gasteiger partial charge in [-0.2, -0.15) is 0 Å². The first-order valence-corrected chi connectivity index (χ1v) is 12.9. The number of rotatable bonds is 5. The molecular formula is C27H31ClN4O3. The number of carbonyl (C=O) groups excluding carboxylic acids is 3. The zero-order valence-electron chi connectivity index (χ0n) is 19.8. The highest BCUT2D eigenvalue weighted by atomic mass is 35.5. The first kappa shape index (κ1) is 23.7. The van der Waals surface area contributed by atoms with Crippen LogP contribution in [-0.4, -0.2) is 54.8 Å². The average Bonchev–Trinajstić information content (AvgIpc) is 2.90. The predicted molar refractivity (Wildman–Crippen MR) is 137 cm³/mol. The van der Waals surface area contributed by atoms with Crippen molar-refractivity contribution in [2.75, 3.05) is 36.0 Å². The van der Waals surface area contributed by atoms with Gasteiger partial charge >= 0.3 is 0 Å². The van der Waals surface area contributed by atoms with Crippen molar-refractivity contribution in [1.82, 2.24) is 10.2 Å². The maximum Gasteiger partial charge on any atom is 0.253 e.